The van der Waals surface area contributed by atoms with Gasteiger partial charge in [0.15, 0.2) is 0 Å². The van der Waals surface area contributed by atoms with E-state index in [1.807, 2.05) is 18.3 Å². The van der Waals surface area contributed by atoms with Crippen LogP contribution < -0.4 is 4.90 Å². The molecule has 0 aromatic carbocycles. The molecule has 3 heteroatoms. The predicted octanol–water partition coefficient (Wildman–Crippen LogP) is 2.12. The Kier molecular flexibility index (Phi) is 2.36. The van der Waals surface area contributed by atoms with Gasteiger partial charge < -0.3 is 10.0 Å². The molecule has 1 saturated carbocycles. The van der Waals surface area contributed by atoms with Crippen molar-refractivity contribution < 1.29 is 5.11 Å². The summed E-state index contributed by atoms with van der Waals surface area (Å²) in [5.74, 6) is 1.92. The molecule has 3 nitrogen and oxygen atoms in total. The molecule has 0 radical (unpaired) electrons. The number of rotatable bonds is 2. The van der Waals surface area contributed by atoms with Crippen LogP contribution in [0.3, 0.4) is 0 Å². The highest BCUT2D eigenvalue weighted by Crippen LogP contribution is 2.39. The second-order valence-electron chi connectivity index (χ2n) is 5.11. The first kappa shape index (κ1) is 10.1. The average molecular weight is 218 g/mol. The quantitative estimate of drug-likeness (QED) is 0.826. The third kappa shape index (κ3) is 1.59. The number of fused-ring (bicyclic) bond motifs is 2. The minimum Gasteiger partial charge on any atom is -0.389 e. The smallest absolute Gasteiger partial charge is 0.129 e. The van der Waals surface area contributed by atoms with E-state index in [4.69, 9.17) is 0 Å². The predicted molar refractivity (Wildman–Crippen MR) is 63.3 cm³/mol. The van der Waals surface area contributed by atoms with Crippen LogP contribution in [0.15, 0.2) is 18.3 Å². The Hall–Kier alpha value is -1.09. The molecule has 0 spiro atoms. The Balaban J connectivity index is 1.86. The molecular formula is C13H18N2O. The summed E-state index contributed by atoms with van der Waals surface area (Å²) in [7, 11) is 0. The van der Waals surface area contributed by atoms with E-state index >= 15 is 0 Å². The van der Waals surface area contributed by atoms with Gasteiger partial charge in [0.05, 0.1) is 6.10 Å². The fourth-order valence-electron chi connectivity index (χ4n) is 3.06. The minimum absolute atomic E-state index is 0.401. The van der Waals surface area contributed by atoms with Crippen molar-refractivity contribution in [3.8, 4) is 0 Å². The standard InChI is InChI=1S/C13H18N2O/c1-9(16)11-4-5-14-13(7-11)15-8-10-2-3-12(15)6-10/h4-5,7,9-10,12,16H,2-3,6,8H2,1H3/t9-,10?,12?/m1/s1. The van der Waals surface area contributed by atoms with E-state index in [2.05, 4.69) is 9.88 Å². The molecule has 2 aliphatic rings. The van der Waals surface area contributed by atoms with Gasteiger partial charge in [-0.15, -0.1) is 0 Å². The Morgan fingerprint density at radius 1 is 1.50 bits per heavy atom. The summed E-state index contributed by atoms with van der Waals surface area (Å²) in [5, 5.41) is 9.58. The molecule has 0 amide bonds. The highest BCUT2D eigenvalue weighted by molar-refractivity contribution is 5.44. The third-order valence-corrected chi connectivity index (χ3v) is 3.96. The van der Waals surface area contributed by atoms with Crippen molar-refractivity contribution in [2.75, 3.05) is 11.4 Å². The number of aliphatic hydroxyl groups is 1. The Morgan fingerprint density at radius 2 is 2.38 bits per heavy atom. The lowest BCUT2D eigenvalue weighted by molar-refractivity contribution is 0.199. The molecule has 1 aliphatic heterocycles. The van der Waals surface area contributed by atoms with Gasteiger partial charge in [-0.05, 0) is 49.8 Å². The maximum absolute atomic E-state index is 9.58. The lowest BCUT2D eigenvalue weighted by atomic mass is 10.1. The topological polar surface area (TPSA) is 36.4 Å². The highest BCUT2D eigenvalue weighted by Gasteiger charge is 2.38. The van der Waals surface area contributed by atoms with Crippen molar-refractivity contribution >= 4 is 5.82 Å². The number of hydrogen-bond donors (Lipinski definition) is 1. The lowest BCUT2D eigenvalue weighted by Crippen LogP contribution is -2.32. The summed E-state index contributed by atoms with van der Waals surface area (Å²) < 4.78 is 0. The molecule has 3 atom stereocenters. The number of aromatic nitrogens is 1. The molecule has 2 heterocycles. The first-order valence-corrected chi connectivity index (χ1v) is 6.14. The third-order valence-electron chi connectivity index (χ3n) is 3.96. The van der Waals surface area contributed by atoms with E-state index in [1.54, 1.807) is 6.92 Å². The van der Waals surface area contributed by atoms with Gasteiger partial charge in [0, 0.05) is 18.8 Å². The summed E-state index contributed by atoms with van der Waals surface area (Å²) in [5.41, 5.74) is 0.966. The second-order valence-corrected chi connectivity index (χ2v) is 5.11. The van der Waals surface area contributed by atoms with Gasteiger partial charge in [-0.25, -0.2) is 4.98 Å². The molecule has 2 fully saturated rings. The molecule has 1 aromatic heterocycles. The maximum Gasteiger partial charge on any atom is 0.129 e. The van der Waals surface area contributed by atoms with Crippen LogP contribution in [-0.2, 0) is 0 Å². The number of nitrogens with zero attached hydrogens (tertiary/aromatic N) is 2. The number of aliphatic hydroxyl groups excluding tert-OH is 1. The van der Waals surface area contributed by atoms with Crippen LogP contribution in [0.5, 0.6) is 0 Å². The van der Waals surface area contributed by atoms with Crippen LogP contribution in [-0.4, -0.2) is 22.7 Å². The van der Waals surface area contributed by atoms with Gasteiger partial charge in [0.2, 0.25) is 0 Å². The Morgan fingerprint density at radius 3 is 3.00 bits per heavy atom. The molecule has 2 bridgehead atoms. The lowest BCUT2D eigenvalue weighted by Gasteiger charge is -2.28. The Bertz CT molecular complexity index is 391. The number of anilines is 1. The number of piperidine rings is 1. The van der Waals surface area contributed by atoms with Gasteiger partial charge in [0.25, 0.3) is 0 Å². The molecule has 1 aliphatic carbocycles. The molecule has 16 heavy (non-hydrogen) atoms. The van der Waals surface area contributed by atoms with Crippen LogP contribution in [0.25, 0.3) is 0 Å². The van der Waals surface area contributed by atoms with Crippen LogP contribution in [0, 0.1) is 5.92 Å². The number of hydrogen-bond acceptors (Lipinski definition) is 3. The monoisotopic (exact) mass is 218 g/mol. The van der Waals surface area contributed by atoms with Crippen molar-refractivity contribution in [2.45, 2.75) is 38.3 Å². The zero-order valence-corrected chi connectivity index (χ0v) is 9.63. The SMILES string of the molecule is C[C@@H](O)c1ccnc(N2CC3CCC2C3)c1. The summed E-state index contributed by atoms with van der Waals surface area (Å²) in [4.78, 5) is 6.85. The molecule has 3 rings (SSSR count). The number of pyridine rings is 1. The summed E-state index contributed by atoms with van der Waals surface area (Å²) in [6, 6.07) is 4.62. The van der Waals surface area contributed by atoms with Crippen molar-refractivity contribution in [3.05, 3.63) is 23.9 Å². The van der Waals surface area contributed by atoms with E-state index in [9.17, 15) is 5.11 Å². The highest BCUT2D eigenvalue weighted by atomic mass is 16.3. The first-order valence-electron chi connectivity index (χ1n) is 6.14. The zero-order valence-electron chi connectivity index (χ0n) is 9.63. The van der Waals surface area contributed by atoms with Crippen LogP contribution in [0.1, 0.15) is 37.9 Å². The van der Waals surface area contributed by atoms with Crippen LogP contribution >= 0.6 is 0 Å². The van der Waals surface area contributed by atoms with Gasteiger partial charge in [-0.2, -0.15) is 0 Å². The maximum atomic E-state index is 9.58. The molecule has 86 valence electrons. The van der Waals surface area contributed by atoms with E-state index < -0.39 is 6.10 Å². The van der Waals surface area contributed by atoms with Crippen molar-refractivity contribution in [1.29, 1.82) is 0 Å². The molecule has 1 aromatic rings. The molecule has 2 unspecified atom stereocenters. The normalized spacial score (nSPS) is 29.8. The summed E-state index contributed by atoms with van der Waals surface area (Å²) in [6.07, 6.45) is 5.44. The van der Waals surface area contributed by atoms with Gasteiger partial charge in [-0.3, -0.25) is 0 Å². The van der Waals surface area contributed by atoms with Crippen molar-refractivity contribution in [1.82, 2.24) is 4.98 Å². The van der Waals surface area contributed by atoms with E-state index in [0.717, 1.165) is 23.8 Å². The second kappa shape index (κ2) is 3.74. The average Bonchev–Trinajstić information content (AvgIpc) is 2.91. The van der Waals surface area contributed by atoms with Gasteiger partial charge in [-0.1, -0.05) is 0 Å². The minimum atomic E-state index is -0.401. The molecule has 1 saturated heterocycles. The molecule has 1 N–H and O–H groups in total. The largest absolute Gasteiger partial charge is 0.389 e. The van der Waals surface area contributed by atoms with Gasteiger partial charge in [0.1, 0.15) is 5.82 Å². The van der Waals surface area contributed by atoms with Gasteiger partial charge >= 0.3 is 0 Å². The van der Waals surface area contributed by atoms with Crippen LogP contribution in [0.4, 0.5) is 5.82 Å². The van der Waals surface area contributed by atoms with Crippen LogP contribution in [0.2, 0.25) is 0 Å². The fraction of sp³-hybridized carbons (Fsp3) is 0.615. The summed E-state index contributed by atoms with van der Waals surface area (Å²) in [6.45, 7) is 2.95. The summed E-state index contributed by atoms with van der Waals surface area (Å²) >= 11 is 0. The van der Waals surface area contributed by atoms with E-state index in [-0.39, 0.29) is 0 Å². The van der Waals surface area contributed by atoms with E-state index in [0.29, 0.717) is 6.04 Å². The van der Waals surface area contributed by atoms with Crippen molar-refractivity contribution in [3.63, 3.8) is 0 Å². The van der Waals surface area contributed by atoms with Crippen molar-refractivity contribution in [2.24, 2.45) is 5.92 Å². The molecular weight excluding hydrogens is 200 g/mol. The fourth-order valence-corrected chi connectivity index (χ4v) is 3.06. The first-order chi connectivity index (χ1) is 7.74. The zero-order chi connectivity index (χ0) is 11.1. The Labute approximate surface area is 96.1 Å². The van der Waals surface area contributed by atoms with E-state index in [1.165, 1.54) is 19.3 Å².